The molecule has 2 aliphatic rings. The molecule has 2 rings (SSSR count). The Morgan fingerprint density at radius 2 is 1.93 bits per heavy atom. The summed E-state index contributed by atoms with van der Waals surface area (Å²) in [6.07, 6.45) is 8.61. The number of likely N-dealkylation sites (tertiary alicyclic amines) is 1. The standard InChI is InChI=1S/C12H23NO/c1-14-10-11-7-8-13(9-11)12-5-3-2-4-6-12/h11-12H,2-10H2,1H3. The second-order valence-corrected chi connectivity index (χ2v) is 4.90. The minimum atomic E-state index is 0.807. The van der Waals surface area contributed by atoms with Gasteiger partial charge in [-0.15, -0.1) is 0 Å². The normalized spacial score (nSPS) is 31.1. The van der Waals surface area contributed by atoms with Gasteiger partial charge in [0.15, 0.2) is 0 Å². The maximum absolute atomic E-state index is 5.23. The molecule has 1 unspecified atom stereocenters. The zero-order valence-electron chi connectivity index (χ0n) is 9.37. The van der Waals surface area contributed by atoms with E-state index in [1.807, 2.05) is 7.11 Å². The van der Waals surface area contributed by atoms with E-state index in [-0.39, 0.29) is 0 Å². The first kappa shape index (κ1) is 10.4. The van der Waals surface area contributed by atoms with Crippen molar-refractivity contribution in [1.29, 1.82) is 0 Å². The van der Waals surface area contributed by atoms with Gasteiger partial charge in [-0.25, -0.2) is 0 Å². The van der Waals surface area contributed by atoms with E-state index < -0.39 is 0 Å². The molecule has 0 spiro atoms. The molecule has 0 bridgehead atoms. The molecule has 0 aromatic heterocycles. The summed E-state index contributed by atoms with van der Waals surface area (Å²) in [5.74, 6) is 0.807. The van der Waals surface area contributed by atoms with E-state index in [0.717, 1.165) is 18.6 Å². The van der Waals surface area contributed by atoms with Crippen LogP contribution in [-0.2, 0) is 4.74 Å². The number of hydrogen-bond acceptors (Lipinski definition) is 2. The fraction of sp³-hybridized carbons (Fsp3) is 1.00. The Hall–Kier alpha value is -0.0800. The number of hydrogen-bond donors (Lipinski definition) is 0. The van der Waals surface area contributed by atoms with E-state index >= 15 is 0 Å². The van der Waals surface area contributed by atoms with Crippen LogP contribution < -0.4 is 0 Å². The Balaban J connectivity index is 1.76. The Labute approximate surface area is 87.6 Å². The van der Waals surface area contributed by atoms with Gasteiger partial charge in [0, 0.05) is 19.7 Å². The van der Waals surface area contributed by atoms with Gasteiger partial charge in [-0.1, -0.05) is 19.3 Å². The van der Waals surface area contributed by atoms with Crippen LogP contribution in [0, 0.1) is 5.92 Å². The second-order valence-electron chi connectivity index (χ2n) is 4.90. The summed E-state index contributed by atoms with van der Waals surface area (Å²) >= 11 is 0. The van der Waals surface area contributed by atoms with Crippen molar-refractivity contribution in [3.8, 4) is 0 Å². The topological polar surface area (TPSA) is 12.5 Å². The van der Waals surface area contributed by atoms with Crippen molar-refractivity contribution in [3.05, 3.63) is 0 Å². The average molecular weight is 197 g/mol. The Kier molecular flexibility index (Phi) is 3.82. The third-order valence-corrected chi connectivity index (χ3v) is 3.81. The monoisotopic (exact) mass is 197 g/mol. The molecular formula is C12H23NO. The van der Waals surface area contributed by atoms with Gasteiger partial charge in [-0.05, 0) is 31.7 Å². The smallest absolute Gasteiger partial charge is 0.0503 e. The van der Waals surface area contributed by atoms with Gasteiger partial charge in [-0.3, -0.25) is 0 Å². The molecule has 2 fully saturated rings. The Morgan fingerprint density at radius 1 is 1.14 bits per heavy atom. The van der Waals surface area contributed by atoms with Crippen LogP contribution in [0.25, 0.3) is 0 Å². The molecule has 14 heavy (non-hydrogen) atoms. The maximum Gasteiger partial charge on any atom is 0.0503 e. The van der Waals surface area contributed by atoms with E-state index in [1.165, 1.54) is 51.6 Å². The minimum Gasteiger partial charge on any atom is -0.384 e. The van der Waals surface area contributed by atoms with Crippen LogP contribution in [0.2, 0.25) is 0 Å². The minimum absolute atomic E-state index is 0.807. The first-order valence-corrected chi connectivity index (χ1v) is 6.13. The number of ether oxygens (including phenoxy) is 1. The van der Waals surface area contributed by atoms with Crippen molar-refractivity contribution in [2.24, 2.45) is 5.92 Å². The van der Waals surface area contributed by atoms with E-state index in [9.17, 15) is 0 Å². The van der Waals surface area contributed by atoms with Gasteiger partial charge in [-0.2, -0.15) is 0 Å². The molecule has 1 saturated heterocycles. The molecule has 0 aromatic rings. The van der Waals surface area contributed by atoms with Gasteiger partial charge in [0.1, 0.15) is 0 Å². The average Bonchev–Trinajstić information content (AvgIpc) is 2.68. The summed E-state index contributed by atoms with van der Waals surface area (Å²) in [7, 11) is 1.82. The lowest BCUT2D eigenvalue weighted by atomic mass is 9.94. The molecular weight excluding hydrogens is 174 g/mol. The summed E-state index contributed by atoms with van der Waals surface area (Å²) < 4.78 is 5.23. The molecule has 82 valence electrons. The Bertz CT molecular complexity index is 166. The van der Waals surface area contributed by atoms with Crippen molar-refractivity contribution in [1.82, 2.24) is 4.90 Å². The predicted octanol–water partition coefficient (Wildman–Crippen LogP) is 2.29. The fourth-order valence-electron chi connectivity index (χ4n) is 3.01. The second kappa shape index (κ2) is 5.13. The van der Waals surface area contributed by atoms with Crippen molar-refractivity contribution >= 4 is 0 Å². The summed E-state index contributed by atoms with van der Waals surface area (Å²) in [4.78, 5) is 2.71. The quantitative estimate of drug-likeness (QED) is 0.688. The van der Waals surface area contributed by atoms with E-state index in [2.05, 4.69) is 4.90 Å². The molecule has 0 radical (unpaired) electrons. The van der Waals surface area contributed by atoms with Crippen LogP contribution in [0.4, 0.5) is 0 Å². The van der Waals surface area contributed by atoms with Crippen molar-refractivity contribution in [3.63, 3.8) is 0 Å². The van der Waals surface area contributed by atoms with Gasteiger partial charge >= 0.3 is 0 Å². The number of nitrogens with zero attached hydrogens (tertiary/aromatic N) is 1. The van der Waals surface area contributed by atoms with Gasteiger partial charge in [0.05, 0.1) is 6.61 Å². The zero-order valence-corrected chi connectivity index (χ0v) is 9.37. The van der Waals surface area contributed by atoms with Crippen LogP contribution in [0.3, 0.4) is 0 Å². The largest absolute Gasteiger partial charge is 0.384 e. The zero-order chi connectivity index (χ0) is 9.80. The highest BCUT2D eigenvalue weighted by Crippen LogP contribution is 2.27. The summed E-state index contributed by atoms with van der Waals surface area (Å²) in [6, 6.07) is 0.908. The third kappa shape index (κ3) is 2.48. The summed E-state index contributed by atoms with van der Waals surface area (Å²) in [5.41, 5.74) is 0. The van der Waals surface area contributed by atoms with E-state index in [4.69, 9.17) is 4.74 Å². The fourth-order valence-corrected chi connectivity index (χ4v) is 3.01. The van der Waals surface area contributed by atoms with Crippen LogP contribution in [0.15, 0.2) is 0 Å². The number of rotatable bonds is 3. The molecule has 1 atom stereocenters. The van der Waals surface area contributed by atoms with Crippen molar-refractivity contribution in [2.45, 2.75) is 44.6 Å². The molecule has 1 saturated carbocycles. The lowest BCUT2D eigenvalue weighted by Crippen LogP contribution is -2.35. The molecule has 1 heterocycles. The highest BCUT2D eigenvalue weighted by molar-refractivity contribution is 4.83. The van der Waals surface area contributed by atoms with Crippen LogP contribution >= 0.6 is 0 Å². The summed E-state index contributed by atoms with van der Waals surface area (Å²) in [5, 5.41) is 0. The molecule has 1 aliphatic heterocycles. The highest BCUT2D eigenvalue weighted by Gasteiger charge is 2.28. The SMILES string of the molecule is COCC1CCN(C2CCCCC2)C1. The Morgan fingerprint density at radius 3 is 2.64 bits per heavy atom. The predicted molar refractivity (Wildman–Crippen MR) is 58.4 cm³/mol. The van der Waals surface area contributed by atoms with Crippen molar-refractivity contribution < 1.29 is 4.74 Å². The lowest BCUT2D eigenvalue weighted by molar-refractivity contribution is 0.139. The molecule has 2 nitrogen and oxygen atoms in total. The van der Waals surface area contributed by atoms with Gasteiger partial charge in [0.25, 0.3) is 0 Å². The van der Waals surface area contributed by atoms with E-state index in [0.29, 0.717) is 0 Å². The number of methoxy groups -OCH3 is 1. The van der Waals surface area contributed by atoms with E-state index in [1.54, 1.807) is 0 Å². The molecule has 0 amide bonds. The lowest BCUT2D eigenvalue weighted by Gasteiger charge is -2.31. The van der Waals surface area contributed by atoms with Crippen molar-refractivity contribution in [2.75, 3.05) is 26.8 Å². The first-order valence-electron chi connectivity index (χ1n) is 6.13. The molecule has 0 aromatic carbocycles. The maximum atomic E-state index is 5.23. The highest BCUT2D eigenvalue weighted by atomic mass is 16.5. The van der Waals surface area contributed by atoms with Crippen LogP contribution in [0.5, 0.6) is 0 Å². The molecule has 1 aliphatic carbocycles. The molecule has 0 N–H and O–H groups in total. The molecule has 2 heteroatoms. The van der Waals surface area contributed by atoms with Crippen LogP contribution in [0.1, 0.15) is 38.5 Å². The van der Waals surface area contributed by atoms with Crippen LogP contribution in [-0.4, -0.2) is 37.7 Å². The van der Waals surface area contributed by atoms with Gasteiger partial charge < -0.3 is 9.64 Å². The summed E-state index contributed by atoms with van der Waals surface area (Å²) in [6.45, 7) is 3.57. The third-order valence-electron chi connectivity index (χ3n) is 3.81. The van der Waals surface area contributed by atoms with Gasteiger partial charge in [0.2, 0.25) is 0 Å². The first-order chi connectivity index (χ1) is 6.90.